The van der Waals surface area contributed by atoms with Crippen LogP contribution in [0.4, 0.5) is 5.69 Å². The lowest BCUT2D eigenvalue weighted by atomic mass is 9.60. The zero-order chi connectivity index (χ0) is 25.3. The van der Waals surface area contributed by atoms with Crippen molar-refractivity contribution in [3.63, 3.8) is 0 Å². The quantitative estimate of drug-likeness (QED) is 0.249. The number of anilines is 1. The van der Waals surface area contributed by atoms with Crippen LogP contribution in [0.2, 0.25) is 0 Å². The van der Waals surface area contributed by atoms with E-state index in [1.54, 1.807) is 31.2 Å². The number of rotatable bonds is 3. The molecule has 0 saturated carbocycles. The molecule has 2 aromatic rings. The van der Waals surface area contributed by atoms with Crippen molar-refractivity contribution >= 4 is 51.7 Å². The second-order valence-corrected chi connectivity index (χ2v) is 10.9. The minimum atomic E-state index is -0.643. The van der Waals surface area contributed by atoms with E-state index in [4.69, 9.17) is 4.42 Å². The van der Waals surface area contributed by atoms with Crippen LogP contribution in [0.5, 0.6) is 0 Å². The molecule has 3 aliphatic carbocycles. The monoisotopic (exact) mass is 595 g/mol. The number of benzene rings is 1. The molecule has 0 spiro atoms. The highest BCUT2D eigenvalue weighted by Crippen LogP contribution is 2.55. The third kappa shape index (κ3) is 3.34. The fourth-order valence-corrected chi connectivity index (χ4v) is 6.53. The zero-order valence-corrected chi connectivity index (χ0v) is 21.5. The molecule has 4 unspecified atom stereocenters. The summed E-state index contributed by atoms with van der Waals surface area (Å²) in [6.07, 6.45) is 3.90. The summed E-state index contributed by atoms with van der Waals surface area (Å²) in [5, 5.41) is 9.55. The SMILES string of the molecule is CC1=CC(=O)C2=C(C1=O)C(c1ccc(CO)o1)C1=CCC3C(=O)N(c4ccc(I)cc4)C(=O)C3C1C2. The fourth-order valence-electron chi connectivity index (χ4n) is 6.17. The standard InChI is InChI=1S/C28H22INO6/c1-13-10-21(32)20-11-19-17(24(25(20)26(13)33)22-9-6-16(12-31)36-22)7-8-18-23(19)28(35)30(27(18)34)15-4-2-14(29)3-5-15/h2-7,9-10,18-19,23-24,31H,8,11-12H2,1H3. The molecule has 7 nitrogen and oxygen atoms in total. The van der Waals surface area contributed by atoms with Crippen molar-refractivity contribution < 1.29 is 28.7 Å². The van der Waals surface area contributed by atoms with Crippen LogP contribution in [0.25, 0.3) is 0 Å². The van der Waals surface area contributed by atoms with E-state index in [1.807, 2.05) is 18.2 Å². The van der Waals surface area contributed by atoms with Gasteiger partial charge in [0, 0.05) is 20.3 Å². The van der Waals surface area contributed by atoms with Gasteiger partial charge in [-0.15, -0.1) is 0 Å². The van der Waals surface area contributed by atoms with Crippen LogP contribution in [-0.2, 0) is 25.8 Å². The van der Waals surface area contributed by atoms with Gasteiger partial charge in [-0.2, -0.15) is 0 Å². The largest absolute Gasteiger partial charge is 0.463 e. The Hall–Kier alpha value is -3.11. The highest BCUT2D eigenvalue weighted by Gasteiger charge is 2.57. The zero-order valence-electron chi connectivity index (χ0n) is 19.4. The second-order valence-electron chi connectivity index (χ2n) is 9.68. The van der Waals surface area contributed by atoms with E-state index in [2.05, 4.69) is 22.6 Å². The lowest BCUT2D eigenvalue weighted by Gasteiger charge is -2.41. The number of carbonyl (C=O) groups excluding carboxylic acids is 4. The van der Waals surface area contributed by atoms with Gasteiger partial charge in [0.2, 0.25) is 11.8 Å². The molecule has 2 amide bonds. The molecule has 8 heteroatoms. The Bertz CT molecular complexity index is 1440. The minimum Gasteiger partial charge on any atom is -0.463 e. The molecule has 1 aromatic heterocycles. The van der Waals surface area contributed by atoms with Gasteiger partial charge in [0.05, 0.1) is 23.4 Å². The lowest BCUT2D eigenvalue weighted by Crippen LogP contribution is -2.39. The predicted molar refractivity (Wildman–Crippen MR) is 138 cm³/mol. The number of Topliss-reactive ketones (excluding diaryl/α,β-unsaturated/α-hetero) is 1. The number of fused-ring (bicyclic) bond motifs is 3. The summed E-state index contributed by atoms with van der Waals surface area (Å²) in [7, 11) is 0. The molecule has 1 aliphatic heterocycles. The summed E-state index contributed by atoms with van der Waals surface area (Å²) in [5.74, 6) is -2.38. The van der Waals surface area contributed by atoms with Crippen molar-refractivity contribution in [3.05, 3.63) is 85.9 Å². The summed E-state index contributed by atoms with van der Waals surface area (Å²) in [5.41, 5.74) is 2.49. The molecule has 2 heterocycles. The summed E-state index contributed by atoms with van der Waals surface area (Å²) in [6.45, 7) is 1.33. The van der Waals surface area contributed by atoms with E-state index in [0.717, 1.165) is 9.14 Å². The number of halogens is 1. The van der Waals surface area contributed by atoms with Gasteiger partial charge < -0.3 is 9.52 Å². The smallest absolute Gasteiger partial charge is 0.238 e. The number of nitrogens with zero attached hydrogens (tertiary/aromatic N) is 1. The van der Waals surface area contributed by atoms with Crippen molar-refractivity contribution in [1.82, 2.24) is 0 Å². The molecule has 4 aliphatic rings. The maximum atomic E-state index is 13.8. The van der Waals surface area contributed by atoms with Gasteiger partial charge in [-0.05, 0) is 90.7 Å². The second kappa shape index (κ2) is 8.48. The summed E-state index contributed by atoms with van der Waals surface area (Å²) >= 11 is 2.17. The van der Waals surface area contributed by atoms with Crippen molar-refractivity contribution in [2.45, 2.75) is 32.3 Å². The fraction of sp³-hybridized carbons (Fsp3) is 0.286. The number of ketones is 2. The van der Waals surface area contributed by atoms with Crippen molar-refractivity contribution in [2.75, 3.05) is 4.90 Å². The maximum Gasteiger partial charge on any atom is 0.238 e. The van der Waals surface area contributed by atoms with Gasteiger partial charge in [-0.3, -0.25) is 24.1 Å². The Kier molecular flexibility index (Phi) is 5.49. The third-order valence-corrected chi connectivity index (χ3v) is 8.49. The number of hydrogen-bond acceptors (Lipinski definition) is 6. The van der Waals surface area contributed by atoms with Crippen LogP contribution in [0.1, 0.15) is 37.2 Å². The van der Waals surface area contributed by atoms with Gasteiger partial charge in [0.25, 0.3) is 0 Å². The van der Waals surface area contributed by atoms with Gasteiger partial charge in [0.15, 0.2) is 11.6 Å². The first kappa shape index (κ1) is 23.3. The van der Waals surface area contributed by atoms with E-state index in [-0.39, 0.29) is 36.4 Å². The first-order chi connectivity index (χ1) is 17.3. The van der Waals surface area contributed by atoms with Crippen molar-refractivity contribution in [2.24, 2.45) is 17.8 Å². The molecule has 182 valence electrons. The normalized spacial score (nSPS) is 27.6. The Morgan fingerprint density at radius 2 is 1.78 bits per heavy atom. The summed E-state index contributed by atoms with van der Waals surface area (Å²) < 4.78 is 6.88. The average molecular weight is 595 g/mol. The topological polar surface area (TPSA) is 105 Å². The molecule has 4 atom stereocenters. The predicted octanol–water partition coefficient (Wildman–Crippen LogP) is 4.01. The Morgan fingerprint density at radius 1 is 1.03 bits per heavy atom. The highest BCUT2D eigenvalue weighted by atomic mass is 127. The maximum absolute atomic E-state index is 13.8. The number of allylic oxidation sites excluding steroid dienone is 6. The molecule has 1 N–H and O–H groups in total. The first-order valence-electron chi connectivity index (χ1n) is 11.8. The first-order valence-corrected chi connectivity index (χ1v) is 12.9. The van der Waals surface area contributed by atoms with Gasteiger partial charge in [-0.1, -0.05) is 11.6 Å². The highest BCUT2D eigenvalue weighted by molar-refractivity contribution is 14.1. The number of aliphatic hydroxyl groups excluding tert-OH is 1. The van der Waals surface area contributed by atoms with E-state index in [9.17, 15) is 24.3 Å². The average Bonchev–Trinajstić information content (AvgIpc) is 3.44. The molecule has 1 fully saturated rings. The number of furan rings is 1. The molecule has 0 bridgehead atoms. The van der Waals surface area contributed by atoms with Crippen LogP contribution < -0.4 is 4.90 Å². The number of amides is 2. The Morgan fingerprint density at radius 3 is 2.47 bits per heavy atom. The van der Waals surface area contributed by atoms with Crippen LogP contribution in [0.3, 0.4) is 0 Å². The number of hydrogen-bond donors (Lipinski definition) is 1. The Labute approximate surface area is 220 Å². The van der Waals surface area contributed by atoms with E-state index in [1.165, 1.54) is 11.0 Å². The van der Waals surface area contributed by atoms with Crippen LogP contribution in [0, 0.1) is 21.3 Å². The minimum absolute atomic E-state index is 0.215. The van der Waals surface area contributed by atoms with Gasteiger partial charge in [0.1, 0.15) is 18.1 Å². The van der Waals surface area contributed by atoms with Gasteiger partial charge in [-0.25, -0.2) is 0 Å². The molecule has 1 aromatic carbocycles. The molecule has 1 saturated heterocycles. The van der Waals surface area contributed by atoms with Crippen LogP contribution in [0.15, 0.2) is 75.3 Å². The molecular formula is C28H22INO6. The van der Waals surface area contributed by atoms with Gasteiger partial charge >= 0.3 is 0 Å². The van der Waals surface area contributed by atoms with E-state index in [0.29, 0.717) is 40.3 Å². The third-order valence-electron chi connectivity index (χ3n) is 7.77. The molecule has 0 radical (unpaired) electrons. The van der Waals surface area contributed by atoms with Crippen LogP contribution in [-0.4, -0.2) is 28.5 Å². The van der Waals surface area contributed by atoms with Crippen molar-refractivity contribution in [3.8, 4) is 0 Å². The van der Waals surface area contributed by atoms with E-state index < -0.39 is 23.7 Å². The molecule has 6 rings (SSSR count). The van der Waals surface area contributed by atoms with Crippen molar-refractivity contribution in [1.29, 1.82) is 0 Å². The number of carbonyl (C=O) groups is 4. The summed E-state index contributed by atoms with van der Waals surface area (Å²) in [6, 6.07) is 10.6. The lowest BCUT2D eigenvalue weighted by molar-refractivity contribution is -0.123. The van der Waals surface area contributed by atoms with Crippen LogP contribution >= 0.6 is 22.6 Å². The Balaban J connectivity index is 1.47. The number of aliphatic hydroxyl groups is 1. The molecular weight excluding hydrogens is 573 g/mol. The van der Waals surface area contributed by atoms with E-state index >= 15 is 0 Å². The molecule has 36 heavy (non-hydrogen) atoms. The number of imide groups is 1. The summed E-state index contributed by atoms with van der Waals surface area (Å²) in [4.78, 5) is 54.9.